The first-order valence-electron chi connectivity index (χ1n) is 12.1. The van der Waals surface area contributed by atoms with Gasteiger partial charge in [0.25, 0.3) is 0 Å². The number of hydrogen-bond donors (Lipinski definition) is 2. The third-order valence-corrected chi connectivity index (χ3v) is 7.03. The van der Waals surface area contributed by atoms with Crippen LogP contribution in [0.3, 0.4) is 0 Å². The zero-order chi connectivity index (χ0) is 25.4. The third kappa shape index (κ3) is 4.52. The molecular weight excluding hydrogens is 455 g/mol. The van der Waals surface area contributed by atoms with E-state index in [-0.39, 0.29) is 23.5 Å². The number of benzene rings is 4. The van der Waals surface area contributed by atoms with Crippen molar-refractivity contribution >= 4 is 28.1 Å². The van der Waals surface area contributed by atoms with Gasteiger partial charge in [-0.3, -0.25) is 0 Å². The molecule has 184 valence electrons. The van der Waals surface area contributed by atoms with E-state index in [0.29, 0.717) is 24.5 Å². The quantitative estimate of drug-likeness (QED) is 0.325. The van der Waals surface area contributed by atoms with E-state index in [1.807, 2.05) is 36.9 Å². The number of ether oxygens (including phenoxy) is 1. The largest absolute Gasteiger partial charge is 0.485 e. The third-order valence-electron chi connectivity index (χ3n) is 7.03. The summed E-state index contributed by atoms with van der Waals surface area (Å²) in [5.41, 5.74) is 4.56. The van der Waals surface area contributed by atoms with E-state index in [1.165, 1.54) is 28.5 Å². The van der Waals surface area contributed by atoms with Crippen LogP contribution in [0.4, 0.5) is 15.8 Å². The van der Waals surface area contributed by atoms with Crippen molar-refractivity contribution in [1.82, 2.24) is 5.32 Å². The highest BCUT2D eigenvalue weighted by atomic mass is 19.1. The number of halogens is 1. The fourth-order valence-corrected chi connectivity index (χ4v) is 4.94. The van der Waals surface area contributed by atoms with Gasteiger partial charge in [-0.2, -0.15) is 0 Å². The van der Waals surface area contributed by atoms with Gasteiger partial charge in [-0.15, -0.1) is 0 Å². The molecule has 4 aromatic carbocycles. The molecule has 1 heterocycles. The number of fused-ring (bicyclic) bond motifs is 2. The van der Waals surface area contributed by atoms with Gasteiger partial charge in [-0.1, -0.05) is 42.5 Å². The first-order chi connectivity index (χ1) is 17.3. The van der Waals surface area contributed by atoms with Gasteiger partial charge in [-0.25, -0.2) is 9.18 Å². The second-order valence-electron chi connectivity index (χ2n) is 9.40. The van der Waals surface area contributed by atoms with Crippen molar-refractivity contribution < 1.29 is 19.0 Å². The monoisotopic (exact) mass is 484 g/mol. The van der Waals surface area contributed by atoms with Gasteiger partial charge in [0.05, 0.1) is 17.8 Å². The van der Waals surface area contributed by atoms with E-state index in [0.717, 1.165) is 16.8 Å². The van der Waals surface area contributed by atoms with Gasteiger partial charge >= 0.3 is 5.97 Å². The van der Waals surface area contributed by atoms with Crippen LogP contribution in [-0.2, 0) is 0 Å². The van der Waals surface area contributed by atoms with Crippen LogP contribution in [0, 0.1) is 19.7 Å². The van der Waals surface area contributed by atoms with Gasteiger partial charge in [-0.05, 0) is 72.5 Å². The van der Waals surface area contributed by atoms with E-state index in [9.17, 15) is 14.3 Å². The number of carbonyl (C=O) groups is 1. The number of carboxylic acid groups (broad SMARTS) is 1. The Bertz CT molecular complexity index is 1450. The molecule has 0 radical (unpaired) electrons. The van der Waals surface area contributed by atoms with E-state index >= 15 is 0 Å². The van der Waals surface area contributed by atoms with Crippen LogP contribution in [0.25, 0.3) is 10.8 Å². The van der Waals surface area contributed by atoms with E-state index in [2.05, 4.69) is 42.6 Å². The molecule has 0 saturated carbocycles. The Morgan fingerprint density at radius 1 is 1.11 bits per heavy atom. The summed E-state index contributed by atoms with van der Waals surface area (Å²) in [7, 11) is 0. The van der Waals surface area contributed by atoms with Gasteiger partial charge < -0.3 is 20.1 Å². The molecule has 0 bridgehead atoms. The Morgan fingerprint density at radius 3 is 2.69 bits per heavy atom. The average molecular weight is 485 g/mol. The van der Waals surface area contributed by atoms with Gasteiger partial charge in [0.1, 0.15) is 17.7 Å². The van der Waals surface area contributed by atoms with Crippen molar-refractivity contribution in [2.24, 2.45) is 0 Å². The standard InChI is InChI=1S/C30H29FN2O3/c1-18-13-23(15-27(19(18)2)30(34)35)33-17-24(36-29-14-22(31)11-12-28(29)33)16-32-20(3)25-10-6-8-21-7-4-5-9-26(21)25/h4-15,20,24,32H,16-17H2,1-3H3,(H,34,35)/t20-,24?/m1/s1. The predicted octanol–water partition coefficient (Wildman–Crippen LogP) is 6.54. The van der Waals surface area contributed by atoms with Crippen molar-refractivity contribution in [3.8, 4) is 5.75 Å². The summed E-state index contributed by atoms with van der Waals surface area (Å²) in [6.07, 6.45) is -0.272. The molecule has 1 aliphatic heterocycles. The Labute approximate surface area is 210 Å². The minimum absolute atomic E-state index is 0.0716. The first kappa shape index (κ1) is 23.8. The summed E-state index contributed by atoms with van der Waals surface area (Å²) < 4.78 is 20.3. The molecule has 2 atom stereocenters. The fraction of sp³-hybridized carbons (Fsp3) is 0.233. The van der Waals surface area contributed by atoms with Crippen LogP contribution < -0.4 is 15.0 Å². The van der Waals surface area contributed by atoms with Crippen molar-refractivity contribution in [2.45, 2.75) is 32.9 Å². The predicted molar refractivity (Wildman–Crippen MR) is 141 cm³/mol. The Morgan fingerprint density at radius 2 is 1.89 bits per heavy atom. The molecule has 0 amide bonds. The van der Waals surface area contributed by atoms with Crippen LogP contribution in [0.2, 0.25) is 0 Å². The molecule has 2 N–H and O–H groups in total. The van der Waals surface area contributed by atoms with Crippen LogP contribution in [0.5, 0.6) is 5.75 Å². The highest BCUT2D eigenvalue weighted by Crippen LogP contribution is 2.40. The number of nitrogens with one attached hydrogen (secondary N) is 1. The summed E-state index contributed by atoms with van der Waals surface area (Å²) in [6.45, 7) is 6.87. The number of rotatable bonds is 6. The Kier molecular flexibility index (Phi) is 6.37. The highest BCUT2D eigenvalue weighted by Gasteiger charge is 2.29. The molecule has 0 aromatic heterocycles. The zero-order valence-electron chi connectivity index (χ0n) is 20.6. The molecule has 0 saturated heterocycles. The summed E-state index contributed by atoms with van der Waals surface area (Å²) in [5.74, 6) is -0.897. The second kappa shape index (κ2) is 9.63. The summed E-state index contributed by atoms with van der Waals surface area (Å²) in [6, 6.07) is 22.8. The highest BCUT2D eigenvalue weighted by molar-refractivity contribution is 5.92. The molecule has 0 fully saturated rings. The second-order valence-corrected chi connectivity index (χ2v) is 9.40. The summed E-state index contributed by atoms with van der Waals surface area (Å²) >= 11 is 0. The average Bonchev–Trinajstić information content (AvgIpc) is 2.87. The number of carboxylic acids is 1. The smallest absolute Gasteiger partial charge is 0.336 e. The van der Waals surface area contributed by atoms with Gasteiger partial charge in [0.2, 0.25) is 0 Å². The first-order valence-corrected chi connectivity index (χ1v) is 12.1. The Hall–Kier alpha value is -3.90. The molecule has 4 aromatic rings. The van der Waals surface area contributed by atoms with Crippen LogP contribution >= 0.6 is 0 Å². The van der Waals surface area contributed by atoms with E-state index < -0.39 is 5.97 Å². The lowest BCUT2D eigenvalue weighted by Gasteiger charge is -2.37. The SMILES string of the molecule is Cc1cc(N2CC(CN[C@H](C)c3cccc4ccccc34)Oc3cc(F)ccc32)cc(C(=O)O)c1C. The molecule has 5 rings (SSSR count). The molecule has 36 heavy (non-hydrogen) atoms. The van der Waals surface area contributed by atoms with Crippen LogP contribution in [-0.4, -0.2) is 30.3 Å². The topological polar surface area (TPSA) is 61.8 Å². The molecule has 1 unspecified atom stereocenters. The summed E-state index contributed by atoms with van der Waals surface area (Å²) in [5, 5.41) is 15.7. The van der Waals surface area contributed by atoms with Crippen molar-refractivity contribution in [3.05, 3.63) is 101 Å². The zero-order valence-corrected chi connectivity index (χ0v) is 20.6. The minimum atomic E-state index is -0.966. The maximum atomic E-state index is 14.1. The summed E-state index contributed by atoms with van der Waals surface area (Å²) in [4.78, 5) is 13.9. The van der Waals surface area contributed by atoms with E-state index in [4.69, 9.17) is 4.74 Å². The van der Waals surface area contributed by atoms with E-state index in [1.54, 1.807) is 12.1 Å². The maximum Gasteiger partial charge on any atom is 0.336 e. The van der Waals surface area contributed by atoms with Crippen molar-refractivity contribution in [1.29, 1.82) is 0 Å². The van der Waals surface area contributed by atoms with Crippen LogP contribution in [0.15, 0.2) is 72.8 Å². The fourth-order valence-electron chi connectivity index (χ4n) is 4.94. The van der Waals surface area contributed by atoms with Gasteiger partial charge in [0, 0.05) is 24.3 Å². The number of anilines is 2. The molecule has 0 spiro atoms. The molecule has 1 aliphatic rings. The molecule has 5 nitrogen and oxygen atoms in total. The normalized spacial score (nSPS) is 15.9. The number of nitrogens with zero attached hydrogens (tertiary/aromatic N) is 1. The van der Waals surface area contributed by atoms with Crippen LogP contribution in [0.1, 0.15) is 40.0 Å². The van der Waals surface area contributed by atoms with Crippen molar-refractivity contribution in [3.63, 3.8) is 0 Å². The number of aryl methyl sites for hydroxylation is 1. The Balaban J connectivity index is 1.43. The number of aromatic carboxylic acids is 1. The number of hydrogen-bond acceptors (Lipinski definition) is 4. The minimum Gasteiger partial charge on any atom is -0.485 e. The lowest BCUT2D eigenvalue weighted by molar-refractivity contribution is 0.0696. The lowest BCUT2D eigenvalue weighted by atomic mass is 9.99. The molecule has 0 aliphatic carbocycles. The molecule has 6 heteroatoms. The van der Waals surface area contributed by atoms with Crippen molar-refractivity contribution in [2.75, 3.05) is 18.0 Å². The van der Waals surface area contributed by atoms with Gasteiger partial charge in [0.15, 0.2) is 0 Å². The lowest BCUT2D eigenvalue weighted by Crippen LogP contribution is -2.44. The maximum absolute atomic E-state index is 14.1. The molecular formula is C30H29FN2O3.